The molecule has 7 nitrogen and oxygen atoms in total. The fourth-order valence-electron chi connectivity index (χ4n) is 3.14. The van der Waals surface area contributed by atoms with Gasteiger partial charge in [0.1, 0.15) is 6.10 Å². The Kier molecular flexibility index (Phi) is 3.66. The van der Waals surface area contributed by atoms with E-state index in [1.165, 1.54) is 14.0 Å². The van der Waals surface area contributed by atoms with Crippen LogP contribution in [0.15, 0.2) is 24.3 Å². The van der Waals surface area contributed by atoms with E-state index < -0.39 is 35.7 Å². The minimum absolute atomic E-state index is 0.242. The van der Waals surface area contributed by atoms with Gasteiger partial charge in [-0.1, -0.05) is 17.7 Å². The van der Waals surface area contributed by atoms with Gasteiger partial charge in [0.05, 0.1) is 5.56 Å². The fourth-order valence-corrected chi connectivity index (χ4v) is 3.14. The molecule has 0 amide bonds. The summed E-state index contributed by atoms with van der Waals surface area (Å²) in [7, 11) is 1.37. The van der Waals surface area contributed by atoms with Crippen molar-refractivity contribution in [2.75, 3.05) is 7.11 Å². The van der Waals surface area contributed by atoms with Gasteiger partial charge in [0.2, 0.25) is 5.60 Å². The van der Waals surface area contributed by atoms with Gasteiger partial charge >= 0.3 is 5.97 Å². The van der Waals surface area contributed by atoms with Crippen LogP contribution in [0.1, 0.15) is 22.8 Å². The van der Waals surface area contributed by atoms with E-state index in [9.17, 15) is 14.7 Å². The predicted molar refractivity (Wildman–Crippen MR) is 76.6 cm³/mol. The van der Waals surface area contributed by atoms with Crippen molar-refractivity contribution < 1.29 is 33.6 Å². The first-order chi connectivity index (χ1) is 10.9. The highest BCUT2D eigenvalue weighted by Gasteiger charge is 2.87. The lowest BCUT2D eigenvalue weighted by molar-refractivity contribution is -0.224. The van der Waals surface area contributed by atoms with E-state index in [-0.39, 0.29) is 6.47 Å². The number of aryl methyl sites for hydroxylation is 1. The first-order valence-corrected chi connectivity index (χ1v) is 7.18. The summed E-state index contributed by atoms with van der Waals surface area (Å²) in [4.78, 5) is 23.1. The Labute approximate surface area is 133 Å². The molecule has 1 saturated heterocycles. The van der Waals surface area contributed by atoms with E-state index in [1.807, 2.05) is 6.92 Å². The van der Waals surface area contributed by atoms with E-state index in [2.05, 4.69) is 0 Å². The molecule has 2 aliphatic rings. The van der Waals surface area contributed by atoms with Gasteiger partial charge in [0, 0.05) is 7.11 Å². The Morgan fingerprint density at radius 2 is 2.00 bits per heavy atom. The SMILES string of the molecule is COC1OC2C(OC=O)C2(OC(=O)c2ccc(C)cc2)C1(C)O. The summed E-state index contributed by atoms with van der Waals surface area (Å²) in [6.07, 6.45) is -2.61. The zero-order chi connectivity index (χ0) is 16.8. The number of rotatable bonds is 5. The molecule has 0 bridgehead atoms. The maximum atomic E-state index is 12.4. The molecule has 1 heterocycles. The van der Waals surface area contributed by atoms with Gasteiger partial charge in [-0.3, -0.25) is 4.79 Å². The molecule has 1 aliphatic carbocycles. The normalized spacial score (nSPS) is 37.8. The Hall–Kier alpha value is -1.96. The molecular weight excluding hydrogens is 304 g/mol. The molecule has 5 atom stereocenters. The molecule has 5 unspecified atom stereocenters. The maximum absolute atomic E-state index is 12.4. The molecule has 1 N–H and O–H groups in total. The Morgan fingerprint density at radius 1 is 1.35 bits per heavy atom. The lowest BCUT2D eigenvalue weighted by Gasteiger charge is -2.33. The van der Waals surface area contributed by atoms with Gasteiger partial charge in [-0.2, -0.15) is 0 Å². The number of hydrogen-bond acceptors (Lipinski definition) is 7. The summed E-state index contributed by atoms with van der Waals surface area (Å²) < 4.78 is 21.0. The van der Waals surface area contributed by atoms with E-state index in [4.69, 9.17) is 18.9 Å². The summed E-state index contributed by atoms with van der Waals surface area (Å²) in [5.74, 6) is -0.632. The van der Waals surface area contributed by atoms with Crippen molar-refractivity contribution in [3.8, 4) is 0 Å². The van der Waals surface area contributed by atoms with Gasteiger partial charge < -0.3 is 24.1 Å². The van der Waals surface area contributed by atoms with Crippen molar-refractivity contribution in [2.45, 2.75) is 43.5 Å². The van der Waals surface area contributed by atoms with Crippen LogP contribution >= 0.6 is 0 Å². The van der Waals surface area contributed by atoms with Crippen LogP contribution < -0.4 is 0 Å². The quantitative estimate of drug-likeness (QED) is 0.626. The zero-order valence-electron chi connectivity index (χ0n) is 13.0. The molecule has 0 aromatic heterocycles. The highest BCUT2D eigenvalue weighted by atomic mass is 16.8. The predicted octanol–water partition coefficient (Wildman–Crippen LogP) is 0.568. The number of hydrogen-bond donors (Lipinski definition) is 1. The summed E-state index contributed by atoms with van der Waals surface area (Å²) in [6, 6.07) is 6.80. The molecule has 1 aliphatic heterocycles. The second-order valence-electron chi connectivity index (χ2n) is 5.97. The monoisotopic (exact) mass is 322 g/mol. The Morgan fingerprint density at radius 3 is 2.57 bits per heavy atom. The van der Waals surface area contributed by atoms with Gasteiger partial charge in [-0.05, 0) is 26.0 Å². The lowest BCUT2D eigenvalue weighted by Crippen LogP contribution is -2.53. The van der Waals surface area contributed by atoms with Crippen molar-refractivity contribution in [2.24, 2.45) is 0 Å². The molecule has 0 spiro atoms. The summed E-state index contributed by atoms with van der Waals surface area (Å²) in [6.45, 7) is 3.57. The standard InChI is InChI=1S/C16H18O7/c1-9-4-6-10(7-5-9)13(18)23-16-11(21-8-17)12(16)22-14(20-3)15(16,2)19/h4-8,11-12,14,19H,1-3H3. The number of methoxy groups -OCH3 is 1. The minimum atomic E-state index is -1.65. The molecule has 7 heteroatoms. The molecule has 2 fully saturated rings. The third-order valence-corrected chi connectivity index (χ3v) is 4.50. The van der Waals surface area contributed by atoms with Crippen molar-refractivity contribution in [1.29, 1.82) is 0 Å². The van der Waals surface area contributed by atoms with Crippen LogP contribution in [-0.2, 0) is 23.7 Å². The van der Waals surface area contributed by atoms with Crippen LogP contribution in [0.25, 0.3) is 0 Å². The van der Waals surface area contributed by atoms with Gasteiger partial charge in [-0.25, -0.2) is 4.79 Å². The smallest absolute Gasteiger partial charge is 0.339 e. The minimum Gasteiger partial charge on any atom is -0.457 e. The van der Waals surface area contributed by atoms with Crippen LogP contribution in [0.2, 0.25) is 0 Å². The topological polar surface area (TPSA) is 91.3 Å². The van der Waals surface area contributed by atoms with Crippen molar-refractivity contribution in [3.63, 3.8) is 0 Å². The molecule has 3 rings (SSSR count). The van der Waals surface area contributed by atoms with E-state index in [0.717, 1.165) is 5.56 Å². The van der Waals surface area contributed by atoms with Crippen LogP contribution in [0.3, 0.4) is 0 Å². The number of benzene rings is 1. The largest absolute Gasteiger partial charge is 0.457 e. The van der Waals surface area contributed by atoms with Crippen LogP contribution in [0.4, 0.5) is 0 Å². The van der Waals surface area contributed by atoms with Crippen molar-refractivity contribution >= 4 is 12.4 Å². The van der Waals surface area contributed by atoms with E-state index in [1.54, 1.807) is 24.3 Å². The van der Waals surface area contributed by atoms with Crippen molar-refractivity contribution in [3.05, 3.63) is 35.4 Å². The third-order valence-electron chi connectivity index (χ3n) is 4.50. The average Bonchev–Trinajstić information content (AvgIpc) is 3.04. The second-order valence-corrected chi connectivity index (χ2v) is 5.97. The highest BCUT2D eigenvalue weighted by Crippen LogP contribution is 2.60. The number of carbonyl (C=O) groups excluding carboxylic acids is 2. The number of ether oxygens (including phenoxy) is 4. The molecule has 1 aromatic carbocycles. The average molecular weight is 322 g/mol. The number of aliphatic hydroxyl groups is 1. The first kappa shape index (κ1) is 15.9. The van der Waals surface area contributed by atoms with Crippen LogP contribution in [-0.4, -0.2) is 54.4 Å². The van der Waals surface area contributed by atoms with E-state index in [0.29, 0.717) is 5.56 Å². The number of esters is 1. The third kappa shape index (κ3) is 2.15. The maximum Gasteiger partial charge on any atom is 0.339 e. The first-order valence-electron chi connectivity index (χ1n) is 7.18. The lowest BCUT2D eigenvalue weighted by atomic mass is 9.96. The Bertz CT molecular complexity index is 624. The highest BCUT2D eigenvalue weighted by molar-refractivity contribution is 5.90. The number of fused-ring (bicyclic) bond motifs is 1. The Balaban J connectivity index is 1.87. The van der Waals surface area contributed by atoms with Gasteiger partial charge in [0.15, 0.2) is 18.0 Å². The molecule has 23 heavy (non-hydrogen) atoms. The van der Waals surface area contributed by atoms with Crippen LogP contribution in [0.5, 0.6) is 0 Å². The molecular formula is C16H18O7. The summed E-state index contributed by atoms with van der Waals surface area (Å²) in [5, 5.41) is 10.7. The molecule has 1 saturated carbocycles. The van der Waals surface area contributed by atoms with Crippen molar-refractivity contribution in [1.82, 2.24) is 0 Å². The molecule has 1 aromatic rings. The van der Waals surface area contributed by atoms with Crippen LogP contribution in [0, 0.1) is 6.92 Å². The molecule has 0 radical (unpaired) electrons. The molecule has 124 valence electrons. The zero-order valence-corrected chi connectivity index (χ0v) is 13.0. The van der Waals surface area contributed by atoms with E-state index >= 15 is 0 Å². The summed E-state index contributed by atoms with van der Waals surface area (Å²) in [5.41, 5.74) is -1.80. The second kappa shape index (κ2) is 5.30. The summed E-state index contributed by atoms with van der Waals surface area (Å²) >= 11 is 0. The number of carbonyl (C=O) groups is 2. The fraction of sp³-hybridized carbons (Fsp3) is 0.500. The van der Waals surface area contributed by atoms with Gasteiger partial charge in [0.25, 0.3) is 6.47 Å². The van der Waals surface area contributed by atoms with Gasteiger partial charge in [-0.15, -0.1) is 0 Å².